The van der Waals surface area contributed by atoms with Gasteiger partial charge in [0, 0.05) is 19.3 Å². The number of nitrogens with one attached hydrogen (secondary N) is 2. The number of sulfonamides is 1. The van der Waals surface area contributed by atoms with Crippen molar-refractivity contribution in [3.8, 4) is 5.75 Å². The zero-order valence-electron chi connectivity index (χ0n) is 23.1. The molecule has 0 saturated carbocycles. The van der Waals surface area contributed by atoms with Crippen LogP contribution in [0, 0.1) is 5.92 Å². The lowest BCUT2D eigenvalue weighted by molar-refractivity contribution is -0.144. The van der Waals surface area contributed by atoms with E-state index in [1.54, 1.807) is 12.1 Å². The summed E-state index contributed by atoms with van der Waals surface area (Å²) >= 11 is 0. The molecular formula is C26H30N6O8S2. The van der Waals surface area contributed by atoms with Gasteiger partial charge in [0.15, 0.2) is 5.84 Å². The lowest BCUT2D eigenvalue weighted by Gasteiger charge is -2.24. The highest BCUT2D eigenvalue weighted by atomic mass is 32.2. The summed E-state index contributed by atoms with van der Waals surface area (Å²) in [5.74, 6) is -1.27. The Morgan fingerprint density at radius 3 is 2.76 bits per heavy atom. The molecule has 2 aliphatic rings. The number of aryl methyl sites for hydroxylation is 1. The predicted molar refractivity (Wildman–Crippen MR) is 155 cm³/mol. The van der Waals surface area contributed by atoms with Gasteiger partial charge in [0.1, 0.15) is 27.9 Å². The molecule has 0 aliphatic carbocycles. The summed E-state index contributed by atoms with van der Waals surface area (Å²) in [6, 6.07) is 5.90. The molecule has 0 amide bonds. The van der Waals surface area contributed by atoms with Crippen LogP contribution in [0.5, 0.6) is 5.75 Å². The van der Waals surface area contributed by atoms with Crippen LogP contribution >= 0.6 is 0 Å². The first-order chi connectivity index (χ1) is 19.8. The third-order valence-corrected chi connectivity index (χ3v) is 9.98. The highest BCUT2D eigenvalue weighted by molar-refractivity contribution is 7.91. The van der Waals surface area contributed by atoms with Gasteiger partial charge < -0.3 is 15.2 Å². The topological polar surface area (TPSA) is 189 Å². The van der Waals surface area contributed by atoms with Crippen LogP contribution < -0.4 is 15.6 Å². The van der Waals surface area contributed by atoms with Gasteiger partial charge in [-0.15, -0.1) is 4.40 Å². The molecule has 16 heteroatoms. The zero-order chi connectivity index (χ0) is 30.4. The van der Waals surface area contributed by atoms with Gasteiger partial charge in [-0.05, 0) is 55.5 Å². The molecule has 0 spiro atoms. The van der Waals surface area contributed by atoms with Crippen LogP contribution in [0.1, 0.15) is 38.7 Å². The number of carbonyl (C=O) groups is 1. The van der Waals surface area contributed by atoms with E-state index >= 15 is 0 Å². The minimum absolute atomic E-state index is 0.0235. The lowest BCUT2D eigenvalue weighted by atomic mass is 10.1. The molecular weight excluding hydrogens is 588 g/mol. The van der Waals surface area contributed by atoms with Crippen molar-refractivity contribution < 1.29 is 31.5 Å². The number of aromatic hydroxyl groups is 1. The molecule has 3 aromatic rings. The second-order valence-corrected chi connectivity index (χ2v) is 13.6. The van der Waals surface area contributed by atoms with Crippen LogP contribution in [0.15, 0.2) is 50.6 Å². The van der Waals surface area contributed by atoms with Crippen molar-refractivity contribution in [1.82, 2.24) is 13.9 Å². The standard InChI is InChI=1S/C26H30N6O8S2/c1-15(2)10-13-31-24-17(6-4-11-27-24)22(33)21(25(31)34)23-28-18-9-8-16(14-20(18)41(36,37)30-23)29-42(38,39)32-12-5-7-19(32)26(35)40-3/h4,6,8-9,11,14-15,19,29,33H,5,7,10,12-13H2,1-3H3,(H,28,30)/t19-/m0/s1. The fraction of sp³-hybridized carbons (Fsp3) is 0.385. The van der Waals surface area contributed by atoms with E-state index in [-0.39, 0.29) is 57.7 Å². The van der Waals surface area contributed by atoms with Gasteiger partial charge in [0.2, 0.25) is 0 Å². The molecule has 0 bridgehead atoms. The Labute approximate surface area is 242 Å². The summed E-state index contributed by atoms with van der Waals surface area (Å²) in [7, 11) is -7.53. The van der Waals surface area contributed by atoms with Crippen LogP contribution in [-0.2, 0) is 36.3 Å². The Morgan fingerprint density at radius 1 is 1.29 bits per heavy atom. The molecule has 4 heterocycles. The second-order valence-electron chi connectivity index (χ2n) is 10.4. The molecule has 1 fully saturated rings. The maximum Gasteiger partial charge on any atom is 0.324 e. The molecule has 1 atom stereocenters. The van der Waals surface area contributed by atoms with Crippen molar-refractivity contribution in [2.24, 2.45) is 10.3 Å². The van der Waals surface area contributed by atoms with Crippen LogP contribution in [0.25, 0.3) is 11.0 Å². The van der Waals surface area contributed by atoms with Crippen LogP contribution in [-0.4, -0.2) is 67.3 Å². The normalized spacial score (nSPS) is 18.4. The van der Waals surface area contributed by atoms with Crippen molar-refractivity contribution in [3.05, 3.63) is 52.4 Å². The van der Waals surface area contributed by atoms with Crippen LogP contribution in [0.4, 0.5) is 11.4 Å². The third-order valence-electron chi connectivity index (χ3n) is 7.12. The summed E-state index contributed by atoms with van der Waals surface area (Å²) in [6.45, 7) is 4.36. The minimum Gasteiger partial charge on any atom is -0.506 e. The largest absolute Gasteiger partial charge is 0.506 e. The number of hydrogen-bond acceptors (Lipinski definition) is 10. The molecule has 3 N–H and O–H groups in total. The van der Waals surface area contributed by atoms with E-state index in [1.807, 2.05) is 13.8 Å². The SMILES string of the molecule is COC(=O)[C@@H]1CCCN1S(=O)(=O)Nc1ccc2c(c1)S(=O)(=O)N=C(c1c(O)c3cccnc3n(CCC(C)C)c1=O)N2. The van der Waals surface area contributed by atoms with Crippen molar-refractivity contribution in [2.45, 2.75) is 50.6 Å². The summed E-state index contributed by atoms with van der Waals surface area (Å²) in [5, 5.41) is 14.1. The number of fused-ring (bicyclic) bond motifs is 2. The predicted octanol–water partition coefficient (Wildman–Crippen LogP) is 2.00. The monoisotopic (exact) mass is 618 g/mol. The number of anilines is 2. The molecule has 2 aromatic heterocycles. The Balaban J connectivity index is 1.52. The van der Waals surface area contributed by atoms with Gasteiger partial charge in [-0.25, -0.2) is 4.98 Å². The summed E-state index contributed by atoms with van der Waals surface area (Å²) in [4.78, 5) is 29.6. The van der Waals surface area contributed by atoms with Crippen molar-refractivity contribution >= 4 is 54.4 Å². The fourth-order valence-corrected chi connectivity index (χ4v) is 7.60. The number of benzene rings is 1. The Bertz CT molecular complexity index is 1890. The first-order valence-corrected chi connectivity index (χ1v) is 16.1. The van der Waals surface area contributed by atoms with Gasteiger partial charge in [0.05, 0.1) is 23.9 Å². The number of carbonyl (C=O) groups excluding carboxylic acids is 1. The Morgan fingerprint density at radius 2 is 2.05 bits per heavy atom. The van der Waals surface area contributed by atoms with E-state index in [0.29, 0.717) is 19.3 Å². The maximum absolute atomic E-state index is 13.6. The average Bonchev–Trinajstić information content (AvgIpc) is 3.44. The average molecular weight is 619 g/mol. The van der Waals surface area contributed by atoms with Crippen molar-refractivity contribution in [1.29, 1.82) is 0 Å². The van der Waals surface area contributed by atoms with Crippen molar-refractivity contribution in [3.63, 3.8) is 0 Å². The van der Waals surface area contributed by atoms with Gasteiger partial charge in [-0.1, -0.05) is 13.8 Å². The molecule has 42 heavy (non-hydrogen) atoms. The number of ether oxygens (including phenoxy) is 1. The van der Waals surface area contributed by atoms with E-state index in [9.17, 15) is 31.5 Å². The van der Waals surface area contributed by atoms with E-state index in [2.05, 4.69) is 19.4 Å². The molecule has 1 aromatic carbocycles. The van der Waals surface area contributed by atoms with Gasteiger partial charge >= 0.3 is 16.2 Å². The highest BCUT2D eigenvalue weighted by Crippen LogP contribution is 2.34. The molecule has 1 saturated heterocycles. The number of methoxy groups -OCH3 is 1. The third kappa shape index (κ3) is 5.32. The van der Waals surface area contributed by atoms with Gasteiger partial charge in [0.25, 0.3) is 15.6 Å². The smallest absolute Gasteiger partial charge is 0.324 e. The minimum atomic E-state index is -4.46. The first kappa shape index (κ1) is 29.5. The van der Waals surface area contributed by atoms with Crippen LogP contribution in [0.2, 0.25) is 0 Å². The highest BCUT2D eigenvalue weighted by Gasteiger charge is 2.40. The second kappa shape index (κ2) is 11.0. The van der Waals surface area contributed by atoms with Gasteiger partial charge in [-0.2, -0.15) is 21.1 Å². The number of nitrogens with zero attached hydrogens (tertiary/aromatic N) is 4. The maximum atomic E-state index is 13.6. The first-order valence-electron chi connectivity index (χ1n) is 13.2. The number of aromatic nitrogens is 2. The van der Waals surface area contributed by atoms with E-state index in [1.165, 1.54) is 30.0 Å². The Kier molecular flexibility index (Phi) is 7.72. The van der Waals surface area contributed by atoms with E-state index in [4.69, 9.17) is 4.74 Å². The van der Waals surface area contributed by atoms with E-state index in [0.717, 1.165) is 10.4 Å². The number of rotatable bonds is 8. The fourth-order valence-electron chi connectivity index (χ4n) is 5.01. The quantitative estimate of drug-likeness (QED) is 0.315. The number of hydrogen-bond donors (Lipinski definition) is 3. The zero-order valence-corrected chi connectivity index (χ0v) is 24.7. The molecule has 224 valence electrons. The number of amidine groups is 1. The summed E-state index contributed by atoms with van der Waals surface area (Å²) in [5.41, 5.74) is -0.798. The Hall–Kier alpha value is -4.02. The van der Waals surface area contributed by atoms with Crippen molar-refractivity contribution in [2.75, 3.05) is 23.7 Å². The number of esters is 1. The molecule has 14 nitrogen and oxygen atoms in total. The van der Waals surface area contributed by atoms with E-state index < -0.39 is 43.6 Å². The molecule has 2 aliphatic heterocycles. The summed E-state index contributed by atoms with van der Waals surface area (Å²) in [6.07, 6.45) is 2.88. The summed E-state index contributed by atoms with van der Waals surface area (Å²) < 4.78 is 65.9. The number of pyridine rings is 2. The molecule has 5 rings (SSSR count). The molecule has 0 radical (unpaired) electrons. The van der Waals surface area contributed by atoms with Gasteiger partial charge in [-0.3, -0.25) is 18.9 Å². The lowest BCUT2D eigenvalue weighted by Crippen LogP contribution is -2.43. The van der Waals surface area contributed by atoms with Crippen LogP contribution in [0.3, 0.4) is 0 Å². The molecule has 0 unspecified atom stereocenters.